The molecule has 128 valence electrons. The lowest BCUT2D eigenvalue weighted by molar-refractivity contribution is 0.0889. The SMILES string of the molecule is C[C@H](c1nc(C2CC2)no1)N1CCN(CCc2ccccn2)CC1. The van der Waals surface area contributed by atoms with Crippen molar-refractivity contribution in [3.05, 3.63) is 41.8 Å². The summed E-state index contributed by atoms with van der Waals surface area (Å²) in [7, 11) is 0. The zero-order valence-electron chi connectivity index (χ0n) is 14.3. The van der Waals surface area contributed by atoms with E-state index in [0.29, 0.717) is 5.92 Å². The van der Waals surface area contributed by atoms with Gasteiger partial charge in [0.25, 0.3) is 0 Å². The van der Waals surface area contributed by atoms with Crippen LogP contribution < -0.4 is 0 Å². The van der Waals surface area contributed by atoms with Gasteiger partial charge in [0.1, 0.15) is 0 Å². The molecule has 0 N–H and O–H groups in total. The molecule has 0 bridgehead atoms. The molecule has 0 unspecified atom stereocenters. The molecule has 1 saturated heterocycles. The number of rotatable bonds is 6. The molecule has 2 fully saturated rings. The number of hydrogen-bond acceptors (Lipinski definition) is 6. The van der Waals surface area contributed by atoms with Gasteiger partial charge in [0.05, 0.1) is 6.04 Å². The van der Waals surface area contributed by atoms with Crippen molar-refractivity contribution >= 4 is 0 Å². The second kappa shape index (κ2) is 6.99. The molecule has 2 aromatic heterocycles. The highest BCUT2D eigenvalue weighted by atomic mass is 16.5. The van der Waals surface area contributed by atoms with Gasteiger partial charge in [-0.15, -0.1) is 0 Å². The lowest BCUT2D eigenvalue weighted by Crippen LogP contribution is -2.47. The summed E-state index contributed by atoms with van der Waals surface area (Å²) in [6, 6.07) is 6.34. The molecule has 1 atom stereocenters. The van der Waals surface area contributed by atoms with Crippen molar-refractivity contribution in [1.82, 2.24) is 24.9 Å². The highest BCUT2D eigenvalue weighted by Crippen LogP contribution is 2.38. The van der Waals surface area contributed by atoms with Crippen molar-refractivity contribution in [2.45, 2.75) is 38.1 Å². The molecule has 0 amide bonds. The first-order valence-corrected chi connectivity index (χ1v) is 8.99. The van der Waals surface area contributed by atoms with E-state index < -0.39 is 0 Å². The molecule has 4 rings (SSSR count). The van der Waals surface area contributed by atoms with Gasteiger partial charge < -0.3 is 9.42 Å². The van der Waals surface area contributed by atoms with Gasteiger partial charge >= 0.3 is 0 Å². The first kappa shape index (κ1) is 15.7. The van der Waals surface area contributed by atoms with Gasteiger partial charge in [0, 0.05) is 57.0 Å². The fraction of sp³-hybridized carbons (Fsp3) is 0.611. The molecule has 0 radical (unpaired) electrons. The van der Waals surface area contributed by atoms with Crippen LogP contribution in [0.25, 0.3) is 0 Å². The van der Waals surface area contributed by atoms with Crippen LogP contribution in [0.5, 0.6) is 0 Å². The Morgan fingerprint density at radius 1 is 1.21 bits per heavy atom. The Morgan fingerprint density at radius 2 is 2.04 bits per heavy atom. The summed E-state index contributed by atoms with van der Waals surface area (Å²) in [6.07, 6.45) is 5.31. The van der Waals surface area contributed by atoms with Gasteiger partial charge in [-0.2, -0.15) is 4.98 Å². The minimum absolute atomic E-state index is 0.211. The maximum Gasteiger partial charge on any atom is 0.243 e. The summed E-state index contributed by atoms with van der Waals surface area (Å²) in [5, 5.41) is 4.14. The topological polar surface area (TPSA) is 58.3 Å². The molecule has 2 aromatic rings. The van der Waals surface area contributed by atoms with E-state index in [9.17, 15) is 0 Å². The van der Waals surface area contributed by atoms with Crippen LogP contribution in [-0.2, 0) is 6.42 Å². The van der Waals surface area contributed by atoms with E-state index in [-0.39, 0.29) is 6.04 Å². The molecule has 1 saturated carbocycles. The molecule has 24 heavy (non-hydrogen) atoms. The minimum atomic E-state index is 0.211. The lowest BCUT2D eigenvalue weighted by atomic mass is 10.2. The third kappa shape index (κ3) is 3.65. The van der Waals surface area contributed by atoms with E-state index in [1.54, 1.807) is 0 Å². The third-order valence-electron chi connectivity index (χ3n) is 5.12. The molecule has 6 heteroatoms. The van der Waals surface area contributed by atoms with Gasteiger partial charge in [0.2, 0.25) is 5.89 Å². The monoisotopic (exact) mass is 327 g/mol. The molecule has 0 spiro atoms. The fourth-order valence-electron chi connectivity index (χ4n) is 3.27. The number of aromatic nitrogens is 3. The van der Waals surface area contributed by atoms with Crippen LogP contribution in [0.3, 0.4) is 0 Å². The largest absolute Gasteiger partial charge is 0.338 e. The molecule has 2 aliphatic rings. The zero-order chi connectivity index (χ0) is 16.4. The van der Waals surface area contributed by atoms with Crippen LogP contribution in [0, 0.1) is 0 Å². The molecule has 0 aromatic carbocycles. The van der Waals surface area contributed by atoms with Crippen molar-refractivity contribution in [2.24, 2.45) is 0 Å². The lowest BCUT2D eigenvalue weighted by Gasteiger charge is -2.36. The van der Waals surface area contributed by atoms with Crippen molar-refractivity contribution in [1.29, 1.82) is 0 Å². The minimum Gasteiger partial charge on any atom is -0.338 e. The second-order valence-electron chi connectivity index (χ2n) is 6.89. The van der Waals surface area contributed by atoms with E-state index in [2.05, 4.69) is 44.0 Å². The van der Waals surface area contributed by atoms with Gasteiger partial charge in [0.15, 0.2) is 5.82 Å². The van der Waals surface area contributed by atoms with Gasteiger partial charge in [-0.1, -0.05) is 11.2 Å². The van der Waals surface area contributed by atoms with Crippen LogP contribution >= 0.6 is 0 Å². The van der Waals surface area contributed by atoms with Gasteiger partial charge in [-0.25, -0.2) is 0 Å². The number of nitrogens with zero attached hydrogens (tertiary/aromatic N) is 5. The molecule has 3 heterocycles. The summed E-state index contributed by atoms with van der Waals surface area (Å²) in [4.78, 5) is 14.0. The maximum absolute atomic E-state index is 5.49. The number of pyridine rings is 1. The molecule has 1 aliphatic carbocycles. The Morgan fingerprint density at radius 3 is 2.75 bits per heavy atom. The molecule has 6 nitrogen and oxygen atoms in total. The fourth-order valence-corrected chi connectivity index (χ4v) is 3.27. The summed E-state index contributed by atoms with van der Waals surface area (Å²) < 4.78 is 5.49. The first-order chi connectivity index (χ1) is 11.8. The van der Waals surface area contributed by atoms with E-state index in [1.807, 2.05) is 12.3 Å². The third-order valence-corrected chi connectivity index (χ3v) is 5.12. The number of piperazine rings is 1. The van der Waals surface area contributed by atoms with E-state index >= 15 is 0 Å². The first-order valence-electron chi connectivity index (χ1n) is 8.99. The predicted molar refractivity (Wildman–Crippen MR) is 90.6 cm³/mol. The van der Waals surface area contributed by atoms with Crippen molar-refractivity contribution < 1.29 is 4.52 Å². The zero-order valence-corrected chi connectivity index (χ0v) is 14.3. The average molecular weight is 327 g/mol. The summed E-state index contributed by atoms with van der Waals surface area (Å²) >= 11 is 0. The molecular weight excluding hydrogens is 302 g/mol. The highest BCUT2D eigenvalue weighted by molar-refractivity contribution is 5.05. The predicted octanol–water partition coefficient (Wildman–Crippen LogP) is 2.26. The Kier molecular flexibility index (Phi) is 4.58. The Bertz CT molecular complexity index is 646. The van der Waals surface area contributed by atoms with Crippen LogP contribution in [0.4, 0.5) is 0 Å². The van der Waals surface area contributed by atoms with Crippen LogP contribution in [0.2, 0.25) is 0 Å². The van der Waals surface area contributed by atoms with Crippen LogP contribution in [0.15, 0.2) is 28.9 Å². The molecule has 1 aliphatic heterocycles. The van der Waals surface area contributed by atoms with Crippen molar-refractivity contribution in [3.63, 3.8) is 0 Å². The number of hydrogen-bond donors (Lipinski definition) is 0. The highest BCUT2D eigenvalue weighted by Gasteiger charge is 2.31. The van der Waals surface area contributed by atoms with Crippen LogP contribution in [0.1, 0.15) is 49.1 Å². The standard InChI is InChI=1S/C18H25N5O/c1-14(18-20-17(21-24-18)15-5-6-15)23-12-10-22(11-13-23)9-7-16-4-2-3-8-19-16/h2-4,8,14-15H,5-7,9-13H2,1H3/t14-/m1/s1. The summed E-state index contributed by atoms with van der Waals surface area (Å²) in [5.41, 5.74) is 1.17. The second-order valence-corrected chi connectivity index (χ2v) is 6.89. The van der Waals surface area contributed by atoms with E-state index in [1.165, 1.54) is 18.5 Å². The quantitative estimate of drug-likeness (QED) is 0.811. The molecular formula is C18H25N5O. The normalized spacial score (nSPS) is 21.0. The Hall–Kier alpha value is -1.79. The average Bonchev–Trinajstić information content (AvgIpc) is 3.38. The van der Waals surface area contributed by atoms with E-state index in [0.717, 1.165) is 50.9 Å². The smallest absolute Gasteiger partial charge is 0.243 e. The Balaban J connectivity index is 1.26. The van der Waals surface area contributed by atoms with Crippen LogP contribution in [-0.4, -0.2) is 57.6 Å². The van der Waals surface area contributed by atoms with Gasteiger partial charge in [-0.05, 0) is 31.9 Å². The summed E-state index contributed by atoms with van der Waals surface area (Å²) in [6.45, 7) is 7.51. The summed E-state index contributed by atoms with van der Waals surface area (Å²) in [5.74, 6) is 2.24. The van der Waals surface area contributed by atoms with E-state index in [4.69, 9.17) is 4.52 Å². The maximum atomic E-state index is 5.49. The van der Waals surface area contributed by atoms with Crippen molar-refractivity contribution in [3.8, 4) is 0 Å². The Labute approximate surface area is 142 Å². The van der Waals surface area contributed by atoms with Gasteiger partial charge in [-0.3, -0.25) is 9.88 Å². The van der Waals surface area contributed by atoms with Crippen molar-refractivity contribution in [2.75, 3.05) is 32.7 Å².